The van der Waals surface area contributed by atoms with Crippen molar-refractivity contribution < 1.29 is 12.8 Å². The lowest BCUT2D eigenvalue weighted by molar-refractivity contribution is 0.505. The van der Waals surface area contributed by atoms with Gasteiger partial charge in [0.2, 0.25) is 0 Å². The number of hydrogen-bond acceptors (Lipinski definition) is 3. The van der Waals surface area contributed by atoms with Gasteiger partial charge in [0.25, 0.3) is 9.05 Å². The molecule has 2 aromatic rings. The third-order valence-corrected chi connectivity index (χ3v) is 4.56. The first-order chi connectivity index (χ1) is 8.05. The number of rotatable bonds is 1. The second-order valence-electron chi connectivity index (χ2n) is 4.31. The van der Waals surface area contributed by atoms with Gasteiger partial charge in [0.1, 0.15) is 11.3 Å². The lowest BCUT2D eigenvalue weighted by Gasteiger charge is -2.08. The minimum Gasteiger partial charge on any atom is -0.461 e. The first-order valence-electron chi connectivity index (χ1n) is 5.55. The van der Waals surface area contributed by atoms with Gasteiger partial charge < -0.3 is 4.42 Å². The van der Waals surface area contributed by atoms with Crippen molar-refractivity contribution >= 4 is 30.7 Å². The Kier molecular flexibility index (Phi) is 2.45. The summed E-state index contributed by atoms with van der Waals surface area (Å²) < 4.78 is 28.2. The van der Waals surface area contributed by atoms with Gasteiger partial charge in [-0.1, -0.05) is 0 Å². The molecule has 0 N–H and O–H groups in total. The first-order valence-corrected chi connectivity index (χ1v) is 7.85. The van der Waals surface area contributed by atoms with Gasteiger partial charge in [-0.15, -0.1) is 0 Å². The smallest absolute Gasteiger partial charge is 0.261 e. The standard InChI is InChI=1S/C12H11ClO3S/c13-17(14,15)8-5-6-10-9-3-1-2-4-11(9)16-12(10)7-8/h5-7H,1-4H2. The molecule has 0 aliphatic heterocycles. The van der Waals surface area contributed by atoms with E-state index in [1.807, 2.05) is 0 Å². The Hall–Kier alpha value is -1.00. The van der Waals surface area contributed by atoms with Crippen molar-refractivity contribution in [1.29, 1.82) is 0 Å². The molecule has 1 aromatic heterocycles. The van der Waals surface area contributed by atoms with Gasteiger partial charge in [0.05, 0.1) is 4.90 Å². The Bertz CT molecular complexity index is 685. The van der Waals surface area contributed by atoms with Crippen molar-refractivity contribution in [2.24, 2.45) is 0 Å². The predicted octanol–water partition coefficient (Wildman–Crippen LogP) is 3.24. The van der Waals surface area contributed by atoms with Gasteiger partial charge in [-0.2, -0.15) is 0 Å². The summed E-state index contributed by atoms with van der Waals surface area (Å²) in [4.78, 5) is 0.0952. The van der Waals surface area contributed by atoms with E-state index in [1.54, 1.807) is 6.07 Å². The predicted molar refractivity (Wildman–Crippen MR) is 65.9 cm³/mol. The van der Waals surface area contributed by atoms with Gasteiger partial charge in [0.15, 0.2) is 0 Å². The Morgan fingerprint density at radius 3 is 2.71 bits per heavy atom. The van der Waals surface area contributed by atoms with E-state index in [-0.39, 0.29) is 4.90 Å². The molecule has 0 bridgehead atoms. The van der Waals surface area contributed by atoms with Crippen molar-refractivity contribution in [2.75, 3.05) is 0 Å². The molecule has 3 nitrogen and oxygen atoms in total. The molecule has 3 rings (SSSR count). The van der Waals surface area contributed by atoms with E-state index >= 15 is 0 Å². The van der Waals surface area contributed by atoms with E-state index < -0.39 is 9.05 Å². The zero-order valence-electron chi connectivity index (χ0n) is 9.07. The van der Waals surface area contributed by atoms with Crippen LogP contribution in [0.2, 0.25) is 0 Å². The molecule has 1 aromatic carbocycles. The molecular formula is C12H11ClO3S. The van der Waals surface area contributed by atoms with Crippen molar-refractivity contribution in [3.63, 3.8) is 0 Å². The summed E-state index contributed by atoms with van der Waals surface area (Å²) in [6, 6.07) is 4.84. The van der Waals surface area contributed by atoms with E-state index in [4.69, 9.17) is 15.1 Å². The van der Waals surface area contributed by atoms with E-state index in [2.05, 4.69) is 0 Å². The van der Waals surface area contributed by atoms with E-state index in [1.165, 1.54) is 17.7 Å². The molecule has 0 saturated heterocycles. The Balaban J connectivity index is 2.25. The maximum Gasteiger partial charge on any atom is 0.261 e. The third-order valence-electron chi connectivity index (χ3n) is 3.21. The average molecular weight is 271 g/mol. The van der Waals surface area contributed by atoms with Gasteiger partial charge >= 0.3 is 0 Å². The molecule has 0 saturated carbocycles. The van der Waals surface area contributed by atoms with Crippen molar-refractivity contribution in [1.82, 2.24) is 0 Å². The summed E-state index contributed by atoms with van der Waals surface area (Å²) >= 11 is 0. The molecule has 1 heterocycles. The number of benzene rings is 1. The third kappa shape index (κ3) is 1.85. The summed E-state index contributed by atoms with van der Waals surface area (Å²) in [7, 11) is 1.63. The Morgan fingerprint density at radius 1 is 1.18 bits per heavy atom. The monoisotopic (exact) mass is 270 g/mol. The Labute approximate surface area is 104 Å². The molecule has 0 unspecified atom stereocenters. The van der Waals surface area contributed by atoms with Crippen LogP contribution in [-0.4, -0.2) is 8.42 Å². The number of furan rings is 1. The summed E-state index contributed by atoms with van der Waals surface area (Å²) in [5, 5.41) is 1.02. The number of hydrogen-bond donors (Lipinski definition) is 0. The van der Waals surface area contributed by atoms with Crippen LogP contribution in [0, 0.1) is 0 Å². The van der Waals surface area contributed by atoms with Gasteiger partial charge in [-0.3, -0.25) is 0 Å². The zero-order chi connectivity index (χ0) is 12.0. The van der Waals surface area contributed by atoms with Gasteiger partial charge in [-0.25, -0.2) is 8.42 Å². The molecule has 90 valence electrons. The van der Waals surface area contributed by atoms with Gasteiger partial charge in [0, 0.05) is 34.1 Å². The van der Waals surface area contributed by atoms with Crippen molar-refractivity contribution in [3.8, 4) is 0 Å². The van der Waals surface area contributed by atoms with Crippen LogP contribution in [0.25, 0.3) is 11.0 Å². The molecule has 0 atom stereocenters. The van der Waals surface area contributed by atoms with Crippen LogP contribution < -0.4 is 0 Å². The van der Waals surface area contributed by atoms with Crippen LogP contribution in [0.4, 0.5) is 0 Å². The molecule has 1 aliphatic carbocycles. The second-order valence-corrected chi connectivity index (χ2v) is 6.87. The van der Waals surface area contributed by atoms with Crippen molar-refractivity contribution in [3.05, 3.63) is 29.5 Å². The molecule has 1 aliphatic rings. The van der Waals surface area contributed by atoms with Crippen LogP contribution in [0.3, 0.4) is 0 Å². The first kappa shape index (κ1) is 11.1. The quantitative estimate of drug-likeness (QED) is 0.748. The van der Waals surface area contributed by atoms with E-state index in [0.717, 1.165) is 36.8 Å². The maximum atomic E-state index is 11.2. The van der Waals surface area contributed by atoms with Crippen LogP contribution in [0.15, 0.2) is 27.5 Å². The fourth-order valence-corrected chi connectivity index (χ4v) is 3.16. The zero-order valence-corrected chi connectivity index (χ0v) is 10.6. The lowest BCUT2D eigenvalue weighted by Crippen LogP contribution is -1.98. The minimum atomic E-state index is -3.68. The largest absolute Gasteiger partial charge is 0.461 e. The van der Waals surface area contributed by atoms with Crippen LogP contribution in [-0.2, 0) is 21.9 Å². The highest BCUT2D eigenvalue weighted by molar-refractivity contribution is 8.13. The van der Waals surface area contributed by atoms with Crippen LogP contribution in [0.1, 0.15) is 24.2 Å². The topological polar surface area (TPSA) is 47.3 Å². The molecule has 0 spiro atoms. The van der Waals surface area contributed by atoms with E-state index in [0.29, 0.717) is 5.58 Å². The SMILES string of the molecule is O=S(=O)(Cl)c1ccc2c3c(oc2c1)CCCC3. The van der Waals surface area contributed by atoms with Crippen molar-refractivity contribution in [2.45, 2.75) is 30.6 Å². The van der Waals surface area contributed by atoms with Crippen LogP contribution in [0.5, 0.6) is 0 Å². The maximum absolute atomic E-state index is 11.2. The highest BCUT2D eigenvalue weighted by Gasteiger charge is 2.19. The number of aryl methyl sites for hydroxylation is 2. The second kappa shape index (κ2) is 3.75. The molecule has 0 radical (unpaired) electrons. The fourth-order valence-electron chi connectivity index (χ4n) is 2.40. The highest BCUT2D eigenvalue weighted by Crippen LogP contribution is 2.33. The minimum absolute atomic E-state index is 0.0952. The fraction of sp³-hybridized carbons (Fsp3) is 0.333. The number of fused-ring (bicyclic) bond motifs is 3. The Morgan fingerprint density at radius 2 is 1.94 bits per heavy atom. The summed E-state index contributed by atoms with van der Waals surface area (Å²) in [6.45, 7) is 0. The lowest BCUT2D eigenvalue weighted by atomic mass is 9.96. The van der Waals surface area contributed by atoms with Gasteiger partial charge in [-0.05, 0) is 31.4 Å². The summed E-state index contributed by atoms with van der Waals surface area (Å²) in [6.07, 6.45) is 4.24. The summed E-state index contributed by atoms with van der Waals surface area (Å²) in [5.74, 6) is 0.996. The molecule has 0 amide bonds. The average Bonchev–Trinajstić information content (AvgIpc) is 2.65. The molecule has 5 heteroatoms. The summed E-state index contributed by atoms with van der Waals surface area (Å²) in [5.41, 5.74) is 1.85. The van der Waals surface area contributed by atoms with Crippen LogP contribution >= 0.6 is 10.7 Å². The molecule has 17 heavy (non-hydrogen) atoms. The van der Waals surface area contributed by atoms with E-state index in [9.17, 15) is 8.42 Å². The highest BCUT2D eigenvalue weighted by atomic mass is 35.7. The number of halogens is 1. The molecule has 0 fully saturated rings. The normalized spacial score (nSPS) is 16.1. The molecular weight excluding hydrogens is 260 g/mol.